The number of hydrogen-bond acceptors (Lipinski definition) is 9. The third-order valence-electron chi connectivity index (χ3n) is 10.8. The molecule has 1 N–H and O–H groups in total. The van der Waals surface area contributed by atoms with Gasteiger partial charge in [0.05, 0.1) is 29.5 Å². The third kappa shape index (κ3) is 2.74. The van der Waals surface area contributed by atoms with Crippen molar-refractivity contribution in [1.29, 1.82) is 0 Å². The van der Waals surface area contributed by atoms with Crippen LogP contribution in [-0.2, 0) is 33.4 Å². The fourth-order valence-electron chi connectivity index (χ4n) is 9.50. The highest BCUT2D eigenvalue weighted by Crippen LogP contribution is 2.81. The summed E-state index contributed by atoms with van der Waals surface area (Å²) in [6.07, 6.45) is 4.42. The van der Waals surface area contributed by atoms with Crippen LogP contribution in [0.3, 0.4) is 0 Å². The van der Waals surface area contributed by atoms with E-state index in [0.29, 0.717) is 6.42 Å². The Bertz CT molecular complexity index is 1380. The van der Waals surface area contributed by atoms with Gasteiger partial charge in [0, 0.05) is 36.5 Å². The summed E-state index contributed by atoms with van der Waals surface area (Å²) >= 11 is 0. The lowest BCUT2D eigenvalue weighted by Crippen LogP contribution is -2.75. The van der Waals surface area contributed by atoms with Crippen molar-refractivity contribution >= 4 is 23.5 Å². The quantitative estimate of drug-likeness (QED) is 0.448. The number of hydrogen-bond donors (Lipinski definition) is 1. The topological polar surface area (TPSA) is 133 Å². The lowest BCUT2D eigenvalue weighted by molar-refractivity contribution is -0.247. The number of rotatable bonds is 3. The zero-order chi connectivity index (χ0) is 28.5. The lowest BCUT2D eigenvalue weighted by Gasteiger charge is -2.65. The highest BCUT2D eigenvalue weighted by atomic mass is 16.6. The highest BCUT2D eigenvalue weighted by Gasteiger charge is 2.91. The molecule has 9 heteroatoms. The molecule has 0 bridgehead atoms. The van der Waals surface area contributed by atoms with Crippen molar-refractivity contribution in [3.05, 3.63) is 47.6 Å². The van der Waals surface area contributed by atoms with Gasteiger partial charge in [0.25, 0.3) is 0 Å². The van der Waals surface area contributed by atoms with Crippen molar-refractivity contribution in [3.8, 4) is 0 Å². The van der Waals surface area contributed by atoms with E-state index in [0.717, 1.165) is 5.56 Å². The van der Waals surface area contributed by atoms with E-state index < -0.39 is 68.9 Å². The van der Waals surface area contributed by atoms with Crippen LogP contribution < -0.4 is 0 Å². The molecular formula is C30H34O9. The van der Waals surface area contributed by atoms with Crippen LogP contribution in [0.2, 0.25) is 0 Å². The molecular weight excluding hydrogens is 504 g/mol. The summed E-state index contributed by atoms with van der Waals surface area (Å²) in [5.41, 5.74) is -4.76. The Morgan fingerprint density at radius 3 is 2.31 bits per heavy atom. The molecule has 0 amide bonds. The molecule has 9 nitrogen and oxygen atoms in total. The van der Waals surface area contributed by atoms with Gasteiger partial charge in [-0.15, -0.1) is 0 Å². The maximum atomic E-state index is 14.6. The van der Waals surface area contributed by atoms with Crippen molar-refractivity contribution in [2.24, 2.45) is 27.6 Å². The maximum absolute atomic E-state index is 14.6. The zero-order valence-electron chi connectivity index (χ0n) is 23.2. The molecule has 1 aromatic rings. The number of epoxide rings is 1. The molecule has 2 saturated carbocycles. The molecule has 1 saturated heterocycles. The van der Waals surface area contributed by atoms with Gasteiger partial charge in [-0.2, -0.15) is 0 Å². The van der Waals surface area contributed by atoms with Crippen LogP contribution in [0.25, 0.3) is 0 Å². The summed E-state index contributed by atoms with van der Waals surface area (Å²) in [4.78, 5) is 52.9. The van der Waals surface area contributed by atoms with Crippen molar-refractivity contribution < 1.29 is 42.9 Å². The van der Waals surface area contributed by atoms with Gasteiger partial charge in [0.2, 0.25) is 5.78 Å². The van der Waals surface area contributed by atoms with Crippen LogP contribution in [0.1, 0.15) is 66.4 Å². The number of ketones is 2. The molecule has 5 aliphatic rings. The Balaban J connectivity index is 1.69. The summed E-state index contributed by atoms with van der Waals surface area (Å²) in [6.45, 7) is 11.5. The first-order valence-corrected chi connectivity index (χ1v) is 13.4. The van der Waals surface area contributed by atoms with Crippen molar-refractivity contribution in [2.75, 3.05) is 0 Å². The van der Waals surface area contributed by atoms with Gasteiger partial charge >= 0.3 is 11.9 Å². The summed E-state index contributed by atoms with van der Waals surface area (Å²) in [5, 5.41) is 11.6. The monoisotopic (exact) mass is 538 g/mol. The van der Waals surface area contributed by atoms with Crippen LogP contribution >= 0.6 is 0 Å². The van der Waals surface area contributed by atoms with Crippen molar-refractivity contribution in [1.82, 2.24) is 0 Å². The van der Waals surface area contributed by atoms with Gasteiger partial charge in [-0.05, 0) is 50.5 Å². The van der Waals surface area contributed by atoms with E-state index in [4.69, 9.17) is 18.6 Å². The van der Waals surface area contributed by atoms with E-state index in [-0.39, 0.29) is 23.4 Å². The van der Waals surface area contributed by atoms with E-state index in [1.165, 1.54) is 19.9 Å². The molecule has 9 atom stereocenters. The normalized spacial score (nSPS) is 45.2. The minimum atomic E-state index is -1.40. The standard InChI is InChI=1S/C30H34O9/c1-14(31)37-21-23-27(5)10-8-18(33)26(3,4)22(27)20(34)24(35)29(23,7)30-19(39-30)12-17(16-9-11-36-13-16)28(30,6)25(21)38-15(2)32/h8-11,13,17,19,21,23,25,34H,12H2,1-7H3/t17-,19+,21+,23+,25-,27-,28+,29-,30+/m0/s1. The summed E-state index contributed by atoms with van der Waals surface area (Å²) < 4.78 is 24.1. The molecule has 2 heterocycles. The number of carbonyl (C=O) groups excluding carboxylic acids is 4. The largest absolute Gasteiger partial charge is 0.504 e. The Kier molecular flexibility index (Phi) is 5.01. The second-order valence-corrected chi connectivity index (χ2v) is 12.9. The van der Waals surface area contributed by atoms with Gasteiger partial charge in [0.1, 0.15) is 17.8 Å². The van der Waals surface area contributed by atoms with Gasteiger partial charge in [-0.3, -0.25) is 19.2 Å². The van der Waals surface area contributed by atoms with Crippen molar-refractivity contribution in [3.63, 3.8) is 0 Å². The molecule has 0 unspecified atom stereocenters. The molecule has 3 fully saturated rings. The summed E-state index contributed by atoms with van der Waals surface area (Å²) in [6, 6.07) is 1.84. The number of aliphatic hydroxyl groups excluding tert-OH is 1. The Morgan fingerprint density at radius 2 is 1.72 bits per heavy atom. The van der Waals surface area contributed by atoms with Gasteiger partial charge in [-0.25, -0.2) is 0 Å². The number of ether oxygens (including phenoxy) is 3. The zero-order valence-corrected chi connectivity index (χ0v) is 23.2. The molecule has 1 spiro atoms. The van der Waals surface area contributed by atoms with Gasteiger partial charge < -0.3 is 23.7 Å². The first-order valence-electron chi connectivity index (χ1n) is 13.4. The first-order chi connectivity index (χ1) is 18.1. The van der Waals surface area contributed by atoms with Crippen molar-refractivity contribution in [2.45, 2.75) is 84.7 Å². The second-order valence-electron chi connectivity index (χ2n) is 12.9. The van der Waals surface area contributed by atoms with E-state index in [1.807, 2.05) is 19.9 Å². The average molecular weight is 539 g/mol. The van der Waals surface area contributed by atoms with E-state index in [1.54, 1.807) is 39.4 Å². The predicted octanol–water partition coefficient (Wildman–Crippen LogP) is 3.98. The number of aliphatic hydroxyl groups is 1. The molecule has 39 heavy (non-hydrogen) atoms. The summed E-state index contributed by atoms with van der Waals surface area (Å²) in [7, 11) is 0. The van der Waals surface area contributed by atoms with E-state index in [9.17, 15) is 24.3 Å². The molecule has 6 rings (SSSR count). The van der Waals surface area contributed by atoms with E-state index >= 15 is 0 Å². The Labute approximate surface area is 226 Å². The number of allylic oxidation sites excluding steroid dienone is 4. The van der Waals surface area contributed by atoms with Crippen LogP contribution in [-0.4, -0.2) is 52.5 Å². The van der Waals surface area contributed by atoms with Crippen LogP contribution in [0, 0.1) is 27.6 Å². The van der Waals surface area contributed by atoms with E-state index in [2.05, 4.69) is 0 Å². The minimum Gasteiger partial charge on any atom is -0.504 e. The molecule has 0 aromatic carbocycles. The number of carbonyl (C=O) groups is 4. The Hall–Kier alpha value is -3.20. The number of fused-ring (bicyclic) bond motifs is 3. The number of furan rings is 1. The molecule has 1 aliphatic heterocycles. The minimum absolute atomic E-state index is 0.251. The van der Waals surface area contributed by atoms with Crippen LogP contribution in [0.5, 0.6) is 0 Å². The first kappa shape index (κ1) is 26.0. The second kappa shape index (κ2) is 7.50. The lowest BCUT2D eigenvalue weighted by atomic mass is 9.38. The van der Waals surface area contributed by atoms with Gasteiger partial charge in [-0.1, -0.05) is 19.9 Å². The van der Waals surface area contributed by atoms with Gasteiger partial charge in [0.15, 0.2) is 11.5 Å². The maximum Gasteiger partial charge on any atom is 0.303 e. The highest BCUT2D eigenvalue weighted by molar-refractivity contribution is 6.06. The molecule has 208 valence electrons. The Morgan fingerprint density at radius 1 is 1.05 bits per heavy atom. The third-order valence-corrected chi connectivity index (χ3v) is 10.8. The molecule has 1 aromatic heterocycles. The van der Waals surface area contributed by atoms with Crippen LogP contribution in [0.15, 0.2) is 46.5 Å². The SMILES string of the molecule is CC(=O)O[C@@H]1[C@@H]2[C@@]3(C)C=CC(=O)C(C)(C)C3=C(O)C(=O)[C@@]2(C)[C@@]23O[C@@H]2C[C@@H](c2ccoc2)[C@]3(C)[C@H]1OC(C)=O. The smallest absolute Gasteiger partial charge is 0.303 e. The fraction of sp³-hybridized carbons (Fsp3) is 0.600. The average Bonchev–Trinajstić information content (AvgIpc) is 3.20. The predicted molar refractivity (Wildman–Crippen MR) is 135 cm³/mol. The molecule has 4 aliphatic carbocycles. The molecule has 0 radical (unpaired) electrons. The summed E-state index contributed by atoms with van der Waals surface area (Å²) in [5.74, 6) is -3.51. The number of esters is 2. The van der Waals surface area contributed by atoms with Crippen LogP contribution in [0.4, 0.5) is 0 Å². The fourth-order valence-corrected chi connectivity index (χ4v) is 9.50. The number of Topliss-reactive ketones (excluding diaryl/α,β-unsaturated/α-hetero) is 1.